The van der Waals surface area contributed by atoms with Gasteiger partial charge in [-0.3, -0.25) is 9.59 Å². The minimum Gasteiger partial charge on any atom is -0.352 e. The van der Waals surface area contributed by atoms with Gasteiger partial charge in [0.2, 0.25) is 5.91 Å². The number of hydrogen-bond acceptors (Lipinski definition) is 3. The zero-order valence-corrected chi connectivity index (χ0v) is 18.2. The minimum atomic E-state index is -0.0593. The number of carbonyl (C=O) groups is 2. The maximum atomic E-state index is 12.5. The Labute approximate surface area is 187 Å². The van der Waals surface area contributed by atoms with E-state index in [0.717, 1.165) is 24.0 Å². The molecule has 0 radical (unpaired) electrons. The molecule has 3 aromatic carbocycles. The number of rotatable bonds is 8. The van der Waals surface area contributed by atoms with Crippen molar-refractivity contribution in [1.82, 2.24) is 10.2 Å². The lowest BCUT2D eigenvalue weighted by atomic mass is 10.1. The number of nitrogens with one attached hydrogen (secondary N) is 1. The van der Waals surface area contributed by atoms with E-state index in [1.807, 2.05) is 77.7 Å². The summed E-state index contributed by atoms with van der Waals surface area (Å²) < 4.78 is 0. The van der Waals surface area contributed by atoms with Gasteiger partial charge in [0, 0.05) is 18.7 Å². The van der Waals surface area contributed by atoms with Crippen molar-refractivity contribution in [3.05, 3.63) is 107 Å². The predicted octanol–water partition coefficient (Wildman–Crippen LogP) is 4.82. The zero-order chi connectivity index (χ0) is 21.5. The van der Waals surface area contributed by atoms with Gasteiger partial charge in [-0.15, -0.1) is 11.8 Å². The topological polar surface area (TPSA) is 49.4 Å². The molecule has 4 rings (SSSR count). The van der Waals surface area contributed by atoms with Crippen molar-refractivity contribution >= 4 is 23.6 Å². The molecule has 4 nitrogen and oxygen atoms in total. The Kier molecular flexibility index (Phi) is 7.05. The SMILES string of the molecule is O=C(NCCCc1ccccc1)c1ccc([C@@H]2SCC(=O)N2Cc2ccccc2)cc1. The second-order valence-corrected chi connectivity index (χ2v) is 8.71. The first-order chi connectivity index (χ1) is 15.2. The summed E-state index contributed by atoms with van der Waals surface area (Å²) >= 11 is 1.64. The molecule has 0 saturated carbocycles. The van der Waals surface area contributed by atoms with Crippen LogP contribution in [-0.4, -0.2) is 29.0 Å². The third kappa shape index (κ3) is 5.56. The second-order valence-electron chi connectivity index (χ2n) is 7.64. The summed E-state index contributed by atoms with van der Waals surface area (Å²) in [7, 11) is 0. The lowest BCUT2D eigenvalue weighted by Crippen LogP contribution is -2.28. The van der Waals surface area contributed by atoms with E-state index in [-0.39, 0.29) is 17.2 Å². The normalized spacial score (nSPS) is 15.8. The van der Waals surface area contributed by atoms with Crippen LogP contribution in [0.1, 0.15) is 38.8 Å². The summed E-state index contributed by atoms with van der Waals surface area (Å²) in [5.74, 6) is 0.580. The average molecular weight is 431 g/mol. The minimum absolute atomic E-state index is 0.0179. The molecule has 0 unspecified atom stereocenters. The summed E-state index contributed by atoms with van der Waals surface area (Å²) in [6.07, 6.45) is 1.85. The van der Waals surface area contributed by atoms with E-state index in [2.05, 4.69) is 17.4 Å². The fourth-order valence-electron chi connectivity index (χ4n) is 3.72. The molecule has 0 bridgehead atoms. The molecule has 2 amide bonds. The molecule has 1 atom stereocenters. The first-order valence-electron chi connectivity index (χ1n) is 10.6. The monoisotopic (exact) mass is 430 g/mol. The molecule has 0 aromatic heterocycles. The molecule has 158 valence electrons. The highest BCUT2D eigenvalue weighted by Crippen LogP contribution is 2.39. The van der Waals surface area contributed by atoms with Crippen molar-refractivity contribution in [2.45, 2.75) is 24.8 Å². The molecule has 1 heterocycles. The first-order valence-corrected chi connectivity index (χ1v) is 11.6. The molecule has 3 aromatic rings. The van der Waals surface area contributed by atoms with E-state index in [4.69, 9.17) is 0 Å². The molecular formula is C26H26N2O2S. The Morgan fingerprint density at radius 1 is 0.903 bits per heavy atom. The van der Waals surface area contributed by atoms with Crippen LogP contribution in [0.3, 0.4) is 0 Å². The molecule has 0 spiro atoms. The Morgan fingerprint density at radius 2 is 1.55 bits per heavy atom. The Hall–Kier alpha value is -3.05. The first kappa shape index (κ1) is 21.2. The highest BCUT2D eigenvalue weighted by atomic mass is 32.2. The van der Waals surface area contributed by atoms with Crippen LogP contribution in [0.2, 0.25) is 0 Å². The molecule has 1 aliphatic rings. The van der Waals surface area contributed by atoms with Crippen molar-refractivity contribution in [3.8, 4) is 0 Å². The van der Waals surface area contributed by atoms with Crippen molar-refractivity contribution < 1.29 is 9.59 Å². The lowest BCUT2D eigenvalue weighted by molar-refractivity contribution is -0.128. The third-order valence-electron chi connectivity index (χ3n) is 5.39. The number of amides is 2. The maximum Gasteiger partial charge on any atom is 0.251 e. The highest BCUT2D eigenvalue weighted by Gasteiger charge is 2.32. The Balaban J connectivity index is 1.32. The van der Waals surface area contributed by atoms with Gasteiger partial charge in [-0.2, -0.15) is 0 Å². The Morgan fingerprint density at radius 3 is 2.23 bits per heavy atom. The van der Waals surface area contributed by atoms with Crippen LogP contribution < -0.4 is 5.32 Å². The Bertz CT molecular complexity index is 1010. The molecule has 1 fully saturated rings. The smallest absolute Gasteiger partial charge is 0.251 e. The van der Waals surface area contributed by atoms with Gasteiger partial charge in [-0.1, -0.05) is 72.8 Å². The fourth-order valence-corrected chi connectivity index (χ4v) is 4.91. The van der Waals surface area contributed by atoms with Crippen LogP contribution in [0.4, 0.5) is 0 Å². The second kappa shape index (κ2) is 10.3. The number of nitrogens with zero attached hydrogens (tertiary/aromatic N) is 1. The number of hydrogen-bond donors (Lipinski definition) is 1. The summed E-state index contributed by atoms with van der Waals surface area (Å²) in [6, 6.07) is 28.0. The molecule has 31 heavy (non-hydrogen) atoms. The molecular weight excluding hydrogens is 404 g/mol. The molecule has 1 saturated heterocycles. The van der Waals surface area contributed by atoms with Crippen LogP contribution in [0.25, 0.3) is 0 Å². The van der Waals surface area contributed by atoms with E-state index in [1.165, 1.54) is 5.56 Å². The van der Waals surface area contributed by atoms with Crippen molar-refractivity contribution in [2.75, 3.05) is 12.3 Å². The van der Waals surface area contributed by atoms with Crippen LogP contribution >= 0.6 is 11.8 Å². The van der Waals surface area contributed by atoms with Gasteiger partial charge in [-0.25, -0.2) is 0 Å². The molecule has 1 N–H and O–H groups in total. The van der Waals surface area contributed by atoms with Crippen molar-refractivity contribution in [1.29, 1.82) is 0 Å². The van der Waals surface area contributed by atoms with Gasteiger partial charge in [0.25, 0.3) is 5.91 Å². The molecule has 5 heteroatoms. The number of aryl methyl sites for hydroxylation is 1. The van der Waals surface area contributed by atoms with Crippen LogP contribution in [0.15, 0.2) is 84.9 Å². The average Bonchev–Trinajstić information content (AvgIpc) is 3.18. The van der Waals surface area contributed by atoms with Gasteiger partial charge >= 0.3 is 0 Å². The van der Waals surface area contributed by atoms with E-state index in [0.29, 0.717) is 24.4 Å². The van der Waals surface area contributed by atoms with Crippen molar-refractivity contribution in [3.63, 3.8) is 0 Å². The lowest BCUT2D eigenvalue weighted by Gasteiger charge is -2.24. The van der Waals surface area contributed by atoms with Gasteiger partial charge < -0.3 is 10.2 Å². The van der Waals surface area contributed by atoms with Crippen LogP contribution in [-0.2, 0) is 17.8 Å². The predicted molar refractivity (Wildman–Crippen MR) is 126 cm³/mol. The van der Waals surface area contributed by atoms with Gasteiger partial charge in [-0.05, 0) is 41.7 Å². The number of thioether (sulfide) groups is 1. The fraction of sp³-hybridized carbons (Fsp3) is 0.231. The quantitative estimate of drug-likeness (QED) is 0.521. The summed E-state index contributed by atoms with van der Waals surface area (Å²) in [4.78, 5) is 26.8. The standard InChI is InChI=1S/C26H26N2O2S/c29-24-19-31-26(28(24)18-21-10-5-2-6-11-21)23-15-13-22(14-16-23)25(30)27-17-7-12-20-8-3-1-4-9-20/h1-6,8-11,13-16,26H,7,12,17-19H2,(H,27,30)/t26-/m0/s1. The summed E-state index contributed by atoms with van der Waals surface area (Å²) in [6.45, 7) is 1.24. The summed E-state index contributed by atoms with van der Waals surface area (Å²) in [5, 5.41) is 2.98. The molecule has 1 aliphatic heterocycles. The third-order valence-corrected chi connectivity index (χ3v) is 6.65. The highest BCUT2D eigenvalue weighted by molar-refractivity contribution is 8.00. The number of benzene rings is 3. The maximum absolute atomic E-state index is 12.5. The van der Waals surface area contributed by atoms with E-state index < -0.39 is 0 Å². The molecule has 0 aliphatic carbocycles. The van der Waals surface area contributed by atoms with Gasteiger partial charge in [0.15, 0.2) is 0 Å². The van der Waals surface area contributed by atoms with Crippen LogP contribution in [0, 0.1) is 0 Å². The van der Waals surface area contributed by atoms with E-state index >= 15 is 0 Å². The summed E-state index contributed by atoms with van der Waals surface area (Å²) in [5.41, 5.74) is 4.10. The number of carbonyl (C=O) groups excluding carboxylic acids is 2. The van der Waals surface area contributed by atoms with E-state index in [9.17, 15) is 9.59 Å². The van der Waals surface area contributed by atoms with Crippen molar-refractivity contribution in [2.24, 2.45) is 0 Å². The van der Waals surface area contributed by atoms with E-state index in [1.54, 1.807) is 11.8 Å². The van der Waals surface area contributed by atoms with Gasteiger partial charge in [0.05, 0.1) is 5.75 Å². The zero-order valence-electron chi connectivity index (χ0n) is 17.4. The largest absolute Gasteiger partial charge is 0.352 e. The van der Waals surface area contributed by atoms with Gasteiger partial charge in [0.1, 0.15) is 5.37 Å². The van der Waals surface area contributed by atoms with Crippen LogP contribution in [0.5, 0.6) is 0 Å².